The molecule has 176 valence electrons. The van der Waals surface area contributed by atoms with E-state index in [1.54, 1.807) is 20.1 Å². The molecular weight excluding hydrogens is 445 g/mol. The molecule has 4 aromatic rings. The number of methoxy groups -OCH3 is 1. The van der Waals surface area contributed by atoms with Gasteiger partial charge in [-0.2, -0.15) is 5.26 Å². The standard InChI is InChI=1S/C28H24FN3O3/c1-17(12-30)27-22-8-6-18(10-20(22)15-35-25-11-21(29)7-9-23(25)27)13-32-24-5-3-4-19(14-33)28(24)31-26(32)16-34-2/h3-11,33H,13-16H2,1-2H3. The maximum atomic E-state index is 13.9. The molecule has 0 atom stereocenters. The van der Waals surface area contributed by atoms with Crippen molar-refractivity contribution in [2.75, 3.05) is 7.11 Å². The number of nitriles is 1. The Hall–Kier alpha value is -3.99. The lowest BCUT2D eigenvalue weighted by Gasteiger charge is -2.14. The number of aromatic nitrogens is 2. The number of hydrogen-bond donors (Lipinski definition) is 1. The Morgan fingerprint density at radius 2 is 2.03 bits per heavy atom. The summed E-state index contributed by atoms with van der Waals surface area (Å²) in [5.41, 5.74) is 7.26. The maximum Gasteiger partial charge on any atom is 0.136 e. The minimum Gasteiger partial charge on any atom is -0.488 e. The molecule has 1 aliphatic rings. The molecule has 0 radical (unpaired) electrons. The molecule has 7 heteroatoms. The molecule has 0 unspecified atom stereocenters. The Bertz CT molecular complexity index is 1510. The fraction of sp³-hybridized carbons (Fsp3) is 0.214. The van der Waals surface area contributed by atoms with Crippen molar-refractivity contribution in [2.45, 2.75) is 33.3 Å². The third-order valence-electron chi connectivity index (χ3n) is 6.30. The van der Waals surface area contributed by atoms with Crippen LogP contribution in [0, 0.1) is 17.1 Å². The van der Waals surface area contributed by atoms with Crippen LogP contribution in [0.1, 0.15) is 40.6 Å². The molecule has 0 spiro atoms. The smallest absolute Gasteiger partial charge is 0.136 e. The first-order chi connectivity index (χ1) is 17.0. The maximum absolute atomic E-state index is 13.9. The van der Waals surface area contributed by atoms with E-state index in [-0.39, 0.29) is 19.0 Å². The van der Waals surface area contributed by atoms with Crippen molar-refractivity contribution >= 4 is 16.6 Å². The molecule has 0 fully saturated rings. The van der Waals surface area contributed by atoms with Gasteiger partial charge < -0.3 is 19.1 Å². The first-order valence-corrected chi connectivity index (χ1v) is 11.3. The van der Waals surface area contributed by atoms with Crippen LogP contribution in [0.25, 0.3) is 16.6 Å². The first-order valence-electron chi connectivity index (χ1n) is 11.3. The minimum absolute atomic E-state index is 0.0918. The molecule has 1 aromatic heterocycles. The summed E-state index contributed by atoms with van der Waals surface area (Å²) in [7, 11) is 1.63. The van der Waals surface area contributed by atoms with Crippen molar-refractivity contribution in [3.63, 3.8) is 0 Å². The van der Waals surface area contributed by atoms with Crippen LogP contribution in [-0.4, -0.2) is 21.8 Å². The van der Waals surface area contributed by atoms with Gasteiger partial charge in [0.25, 0.3) is 0 Å². The number of fused-ring (bicyclic) bond motifs is 3. The number of imidazole rings is 1. The van der Waals surface area contributed by atoms with Gasteiger partial charge in [0.2, 0.25) is 0 Å². The number of para-hydroxylation sites is 1. The van der Waals surface area contributed by atoms with Crippen LogP contribution < -0.4 is 4.74 Å². The zero-order chi connectivity index (χ0) is 24.5. The number of aliphatic hydroxyl groups excluding tert-OH is 1. The van der Waals surface area contributed by atoms with Crippen LogP contribution in [0.5, 0.6) is 5.75 Å². The predicted molar refractivity (Wildman–Crippen MR) is 130 cm³/mol. The Morgan fingerprint density at radius 3 is 2.80 bits per heavy atom. The normalized spacial score (nSPS) is 14.0. The summed E-state index contributed by atoms with van der Waals surface area (Å²) in [4.78, 5) is 4.73. The van der Waals surface area contributed by atoms with Crippen LogP contribution in [0.3, 0.4) is 0 Å². The monoisotopic (exact) mass is 469 g/mol. The quantitative estimate of drug-likeness (QED) is 0.412. The number of benzene rings is 3. The molecule has 0 saturated carbocycles. The predicted octanol–water partition coefficient (Wildman–Crippen LogP) is 5.10. The number of nitrogens with zero attached hydrogens (tertiary/aromatic N) is 3. The van der Waals surface area contributed by atoms with Crippen molar-refractivity contribution in [1.82, 2.24) is 9.55 Å². The summed E-state index contributed by atoms with van der Waals surface area (Å²) in [5.74, 6) is 0.800. The fourth-order valence-corrected chi connectivity index (χ4v) is 4.67. The summed E-state index contributed by atoms with van der Waals surface area (Å²) in [6.45, 7) is 2.80. The minimum atomic E-state index is -0.385. The summed E-state index contributed by atoms with van der Waals surface area (Å²) in [6, 6.07) is 18.5. The van der Waals surface area contributed by atoms with Crippen LogP contribution in [0.15, 0.2) is 60.2 Å². The van der Waals surface area contributed by atoms with Crippen molar-refractivity contribution in [1.29, 1.82) is 5.26 Å². The second-order valence-corrected chi connectivity index (χ2v) is 8.52. The molecule has 5 rings (SSSR count). The van der Waals surface area contributed by atoms with E-state index in [0.717, 1.165) is 44.7 Å². The van der Waals surface area contributed by atoms with E-state index in [9.17, 15) is 14.8 Å². The van der Waals surface area contributed by atoms with Crippen molar-refractivity contribution in [3.05, 3.63) is 99.6 Å². The van der Waals surface area contributed by atoms with E-state index in [4.69, 9.17) is 14.5 Å². The van der Waals surface area contributed by atoms with Gasteiger partial charge in [0.1, 0.15) is 30.6 Å². The Morgan fingerprint density at radius 1 is 1.20 bits per heavy atom. The van der Waals surface area contributed by atoms with Crippen LogP contribution in [0.4, 0.5) is 4.39 Å². The Balaban J connectivity index is 1.60. The van der Waals surface area contributed by atoms with E-state index in [2.05, 4.69) is 16.7 Å². The number of rotatable bonds is 5. The van der Waals surface area contributed by atoms with Gasteiger partial charge >= 0.3 is 0 Å². The number of ether oxygens (including phenoxy) is 2. The molecule has 3 aromatic carbocycles. The zero-order valence-electron chi connectivity index (χ0n) is 19.5. The molecule has 35 heavy (non-hydrogen) atoms. The number of hydrogen-bond acceptors (Lipinski definition) is 5. The lowest BCUT2D eigenvalue weighted by molar-refractivity contribution is 0.175. The van der Waals surface area contributed by atoms with Gasteiger partial charge in [0.05, 0.1) is 23.7 Å². The van der Waals surface area contributed by atoms with Gasteiger partial charge in [0, 0.05) is 42.0 Å². The highest BCUT2D eigenvalue weighted by Gasteiger charge is 2.23. The number of aliphatic hydroxyl groups is 1. The highest BCUT2D eigenvalue weighted by atomic mass is 19.1. The van der Waals surface area contributed by atoms with Gasteiger partial charge in [-0.1, -0.05) is 24.3 Å². The second kappa shape index (κ2) is 9.34. The molecular formula is C28H24FN3O3. The van der Waals surface area contributed by atoms with E-state index < -0.39 is 0 Å². The SMILES string of the molecule is COCc1nc2c(CO)cccc2n1Cc1ccc2c(c1)COc1cc(F)ccc1C2=C(C)C#N. The second-order valence-electron chi connectivity index (χ2n) is 8.52. The molecule has 0 aliphatic carbocycles. The largest absolute Gasteiger partial charge is 0.488 e. The number of halogens is 1. The zero-order valence-corrected chi connectivity index (χ0v) is 19.5. The van der Waals surface area contributed by atoms with Crippen molar-refractivity contribution in [3.8, 4) is 11.8 Å². The number of allylic oxidation sites excluding steroid dienone is 1. The summed E-state index contributed by atoms with van der Waals surface area (Å²) < 4.78 is 27.4. The molecule has 0 amide bonds. The van der Waals surface area contributed by atoms with Crippen LogP contribution >= 0.6 is 0 Å². The lowest BCUT2D eigenvalue weighted by atomic mass is 9.90. The molecule has 2 heterocycles. The van der Waals surface area contributed by atoms with Gasteiger partial charge in [-0.25, -0.2) is 9.37 Å². The van der Waals surface area contributed by atoms with E-state index in [0.29, 0.717) is 30.0 Å². The average Bonchev–Trinajstić information content (AvgIpc) is 3.12. The van der Waals surface area contributed by atoms with Gasteiger partial charge in [-0.15, -0.1) is 0 Å². The average molecular weight is 470 g/mol. The summed E-state index contributed by atoms with van der Waals surface area (Å²) >= 11 is 0. The van der Waals surface area contributed by atoms with Gasteiger partial charge in [-0.05, 0) is 47.9 Å². The highest BCUT2D eigenvalue weighted by Crippen LogP contribution is 2.39. The van der Waals surface area contributed by atoms with E-state index >= 15 is 0 Å². The van der Waals surface area contributed by atoms with Crippen LogP contribution in [0.2, 0.25) is 0 Å². The third kappa shape index (κ3) is 4.08. The Kier molecular flexibility index (Phi) is 6.08. The lowest BCUT2D eigenvalue weighted by Crippen LogP contribution is -2.07. The van der Waals surface area contributed by atoms with E-state index in [1.165, 1.54) is 12.1 Å². The molecule has 0 saturated heterocycles. The van der Waals surface area contributed by atoms with Crippen LogP contribution in [-0.2, 0) is 31.1 Å². The molecule has 1 N–H and O–H groups in total. The van der Waals surface area contributed by atoms with Gasteiger partial charge in [0.15, 0.2) is 0 Å². The molecule has 1 aliphatic heterocycles. The fourth-order valence-electron chi connectivity index (χ4n) is 4.67. The molecule has 6 nitrogen and oxygen atoms in total. The van der Waals surface area contributed by atoms with E-state index in [1.807, 2.05) is 30.3 Å². The van der Waals surface area contributed by atoms with Crippen molar-refractivity contribution < 1.29 is 19.0 Å². The van der Waals surface area contributed by atoms with Crippen molar-refractivity contribution in [2.24, 2.45) is 0 Å². The Labute approximate surface area is 202 Å². The van der Waals surface area contributed by atoms with Gasteiger partial charge in [-0.3, -0.25) is 0 Å². The third-order valence-corrected chi connectivity index (χ3v) is 6.30. The topological polar surface area (TPSA) is 80.3 Å². The first kappa shape index (κ1) is 22.8. The summed E-state index contributed by atoms with van der Waals surface area (Å²) in [6.07, 6.45) is 0. The summed E-state index contributed by atoms with van der Waals surface area (Å²) in [5, 5.41) is 19.4. The molecule has 0 bridgehead atoms. The highest BCUT2D eigenvalue weighted by molar-refractivity contribution is 5.88.